The fraction of sp³-hybridized carbons (Fsp3) is 0.167. The van der Waals surface area contributed by atoms with E-state index in [0.29, 0.717) is 16.1 Å². The van der Waals surface area contributed by atoms with Crippen molar-refractivity contribution in [1.29, 1.82) is 0 Å². The molecule has 0 aliphatic heterocycles. The van der Waals surface area contributed by atoms with Crippen molar-refractivity contribution in [2.24, 2.45) is 5.73 Å². The van der Waals surface area contributed by atoms with Gasteiger partial charge in [-0.05, 0) is 54.8 Å². The number of carbonyl (C=O) groups excluding carboxylic acids is 2. The molecule has 148 valence electrons. The predicted molar refractivity (Wildman–Crippen MR) is 116 cm³/mol. The van der Waals surface area contributed by atoms with Crippen LogP contribution in [0.2, 0.25) is 5.02 Å². The molecule has 2 amide bonds. The minimum Gasteiger partial charge on any atom is -0.368 e. The monoisotopic (exact) mass is 406 g/mol. The van der Waals surface area contributed by atoms with Crippen LogP contribution in [0.4, 0.5) is 0 Å². The van der Waals surface area contributed by atoms with Gasteiger partial charge in [0.25, 0.3) is 5.91 Å². The zero-order valence-corrected chi connectivity index (χ0v) is 17.1. The largest absolute Gasteiger partial charge is 0.368 e. The first-order chi connectivity index (χ1) is 13.9. The van der Waals surface area contributed by atoms with Crippen molar-refractivity contribution in [2.75, 3.05) is 0 Å². The predicted octanol–water partition coefficient (Wildman–Crippen LogP) is 5.08. The van der Waals surface area contributed by atoms with Crippen molar-refractivity contribution < 1.29 is 9.59 Å². The average molecular weight is 407 g/mol. The van der Waals surface area contributed by atoms with Gasteiger partial charge < -0.3 is 10.6 Å². The molecule has 0 aliphatic carbocycles. The Bertz CT molecular complexity index is 1010. The van der Waals surface area contributed by atoms with Crippen molar-refractivity contribution in [1.82, 2.24) is 4.90 Å². The zero-order valence-electron chi connectivity index (χ0n) is 16.4. The summed E-state index contributed by atoms with van der Waals surface area (Å²) in [6.07, 6.45) is 0. The molecule has 29 heavy (non-hydrogen) atoms. The van der Waals surface area contributed by atoms with E-state index in [1.165, 1.54) is 0 Å². The number of amides is 2. The summed E-state index contributed by atoms with van der Waals surface area (Å²) < 4.78 is 0. The van der Waals surface area contributed by atoms with Gasteiger partial charge in [-0.3, -0.25) is 9.59 Å². The third-order valence-corrected chi connectivity index (χ3v) is 5.26. The van der Waals surface area contributed by atoms with Crippen LogP contribution in [0.3, 0.4) is 0 Å². The molecular formula is C24H23ClN2O2. The van der Waals surface area contributed by atoms with E-state index in [1.807, 2.05) is 50.2 Å². The fourth-order valence-electron chi connectivity index (χ4n) is 3.56. The molecule has 3 aromatic carbocycles. The molecule has 0 spiro atoms. The molecule has 0 heterocycles. The SMILES string of the molecule is Cc1ccc(Cl)cc1[C@@H](C)N(C(=O)c1ccccc1)[C@H](C(N)=O)c1ccccc1. The molecule has 0 unspecified atom stereocenters. The van der Waals surface area contributed by atoms with E-state index in [2.05, 4.69) is 0 Å². The Balaban J connectivity index is 2.16. The standard InChI is InChI=1S/C24H23ClN2O2/c1-16-13-14-20(25)15-21(16)17(2)27(24(29)19-11-7-4-8-12-19)22(23(26)28)18-9-5-3-6-10-18/h3-15,17,22H,1-2H3,(H2,26,28)/t17-,22+/m1/s1. The lowest BCUT2D eigenvalue weighted by atomic mass is 9.95. The van der Waals surface area contributed by atoms with Crippen LogP contribution in [0, 0.1) is 6.92 Å². The van der Waals surface area contributed by atoms with Gasteiger partial charge in [0.05, 0.1) is 6.04 Å². The van der Waals surface area contributed by atoms with Crippen molar-refractivity contribution in [3.05, 3.63) is 106 Å². The first-order valence-electron chi connectivity index (χ1n) is 9.38. The summed E-state index contributed by atoms with van der Waals surface area (Å²) in [5.74, 6) is -0.864. The number of hydrogen-bond acceptors (Lipinski definition) is 2. The number of hydrogen-bond donors (Lipinski definition) is 1. The highest BCUT2D eigenvalue weighted by Gasteiger charge is 2.35. The number of benzene rings is 3. The second-order valence-electron chi connectivity index (χ2n) is 6.97. The van der Waals surface area contributed by atoms with Crippen LogP contribution in [0.15, 0.2) is 78.9 Å². The lowest BCUT2D eigenvalue weighted by molar-refractivity contribution is -0.123. The zero-order chi connectivity index (χ0) is 21.0. The topological polar surface area (TPSA) is 63.4 Å². The summed E-state index contributed by atoms with van der Waals surface area (Å²) in [6, 6.07) is 22.2. The van der Waals surface area contributed by atoms with Gasteiger partial charge in [0.2, 0.25) is 5.91 Å². The molecule has 5 heteroatoms. The average Bonchev–Trinajstić information content (AvgIpc) is 2.73. The second-order valence-corrected chi connectivity index (χ2v) is 7.41. The van der Waals surface area contributed by atoms with E-state index in [1.54, 1.807) is 47.4 Å². The molecule has 2 N–H and O–H groups in total. The fourth-order valence-corrected chi connectivity index (χ4v) is 3.74. The van der Waals surface area contributed by atoms with Gasteiger partial charge in [-0.1, -0.05) is 66.2 Å². The number of carbonyl (C=O) groups is 2. The first-order valence-corrected chi connectivity index (χ1v) is 9.76. The van der Waals surface area contributed by atoms with Gasteiger partial charge in [-0.2, -0.15) is 0 Å². The number of halogens is 1. The summed E-state index contributed by atoms with van der Waals surface area (Å²) in [7, 11) is 0. The summed E-state index contributed by atoms with van der Waals surface area (Å²) in [5, 5.41) is 0.569. The van der Waals surface area contributed by atoms with Crippen molar-refractivity contribution >= 4 is 23.4 Å². The van der Waals surface area contributed by atoms with Gasteiger partial charge in [-0.15, -0.1) is 0 Å². The molecule has 3 aromatic rings. The molecule has 3 rings (SSSR count). The Morgan fingerprint density at radius 2 is 1.52 bits per heavy atom. The number of nitrogens with zero attached hydrogens (tertiary/aromatic N) is 1. The lowest BCUT2D eigenvalue weighted by Crippen LogP contribution is -2.43. The maximum absolute atomic E-state index is 13.6. The number of rotatable bonds is 6. The number of nitrogens with two attached hydrogens (primary N) is 1. The van der Waals surface area contributed by atoms with Crippen LogP contribution >= 0.6 is 11.6 Å². The molecule has 0 saturated carbocycles. The molecule has 2 atom stereocenters. The molecule has 0 aliphatic rings. The summed E-state index contributed by atoms with van der Waals surface area (Å²) in [6.45, 7) is 3.84. The van der Waals surface area contributed by atoms with Gasteiger partial charge in [0.1, 0.15) is 6.04 Å². The number of primary amides is 1. The molecule has 0 aromatic heterocycles. The second kappa shape index (κ2) is 8.93. The minimum absolute atomic E-state index is 0.273. The number of aryl methyl sites for hydroxylation is 1. The summed E-state index contributed by atoms with van der Waals surface area (Å²) >= 11 is 6.23. The van der Waals surface area contributed by atoms with E-state index in [9.17, 15) is 9.59 Å². The van der Waals surface area contributed by atoms with E-state index in [4.69, 9.17) is 17.3 Å². The highest BCUT2D eigenvalue weighted by Crippen LogP contribution is 2.34. The normalized spacial score (nSPS) is 12.8. The van der Waals surface area contributed by atoms with Gasteiger partial charge in [0, 0.05) is 10.6 Å². The molecule has 0 saturated heterocycles. The lowest BCUT2D eigenvalue weighted by Gasteiger charge is -2.36. The van der Waals surface area contributed by atoms with Crippen molar-refractivity contribution in [3.8, 4) is 0 Å². The van der Waals surface area contributed by atoms with Crippen LogP contribution in [-0.2, 0) is 4.79 Å². The van der Waals surface area contributed by atoms with Crippen LogP contribution in [-0.4, -0.2) is 16.7 Å². The Labute approximate surface area is 175 Å². The van der Waals surface area contributed by atoms with Crippen molar-refractivity contribution in [2.45, 2.75) is 25.9 Å². The Morgan fingerprint density at radius 3 is 2.10 bits per heavy atom. The van der Waals surface area contributed by atoms with Crippen LogP contribution in [0.25, 0.3) is 0 Å². The van der Waals surface area contributed by atoms with Crippen molar-refractivity contribution in [3.63, 3.8) is 0 Å². The molecule has 0 fully saturated rings. The maximum atomic E-state index is 13.6. The third-order valence-electron chi connectivity index (χ3n) is 5.03. The maximum Gasteiger partial charge on any atom is 0.255 e. The highest BCUT2D eigenvalue weighted by atomic mass is 35.5. The Kier molecular flexibility index (Phi) is 6.35. The van der Waals surface area contributed by atoms with E-state index in [-0.39, 0.29) is 5.91 Å². The summed E-state index contributed by atoms with van der Waals surface area (Å²) in [4.78, 5) is 27.7. The Hall–Kier alpha value is -3.11. The minimum atomic E-state index is -0.919. The van der Waals surface area contributed by atoms with Crippen LogP contribution in [0.1, 0.15) is 46.1 Å². The van der Waals surface area contributed by atoms with E-state index >= 15 is 0 Å². The van der Waals surface area contributed by atoms with E-state index in [0.717, 1.165) is 11.1 Å². The first kappa shape index (κ1) is 20.6. The van der Waals surface area contributed by atoms with Crippen LogP contribution < -0.4 is 5.73 Å². The van der Waals surface area contributed by atoms with Gasteiger partial charge in [0.15, 0.2) is 0 Å². The summed E-state index contributed by atoms with van der Waals surface area (Å²) in [5.41, 5.74) is 8.80. The smallest absolute Gasteiger partial charge is 0.255 e. The Morgan fingerprint density at radius 1 is 0.931 bits per heavy atom. The molecule has 0 radical (unpaired) electrons. The quantitative estimate of drug-likeness (QED) is 0.620. The molecular weight excluding hydrogens is 384 g/mol. The molecule has 4 nitrogen and oxygen atoms in total. The molecule has 0 bridgehead atoms. The highest BCUT2D eigenvalue weighted by molar-refractivity contribution is 6.30. The van der Waals surface area contributed by atoms with Gasteiger partial charge in [-0.25, -0.2) is 0 Å². The van der Waals surface area contributed by atoms with Gasteiger partial charge >= 0.3 is 0 Å². The van der Waals surface area contributed by atoms with E-state index < -0.39 is 18.0 Å². The van der Waals surface area contributed by atoms with Crippen LogP contribution in [0.5, 0.6) is 0 Å². The third kappa shape index (κ3) is 4.49.